The van der Waals surface area contributed by atoms with Gasteiger partial charge in [-0.2, -0.15) is 5.26 Å². The van der Waals surface area contributed by atoms with Gasteiger partial charge in [-0.1, -0.05) is 6.07 Å². The van der Waals surface area contributed by atoms with Gasteiger partial charge in [0.2, 0.25) is 0 Å². The van der Waals surface area contributed by atoms with Crippen LogP contribution in [0.5, 0.6) is 5.75 Å². The Morgan fingerprint density at radius 1 is 1.47 bits per heavy atom. The molecule has 1 fully saturated rings. The summed E-state index contributed by atoms with van der Waals surface area (Å²) in [6.07, 6.45) is 3.53. The van der Waals surface area contributed by atoms with Gasteiger partial charge in [-0.15, -0.1) is 0 Å². The van der Waals surface area contributed by atoms with Gasteiger partial charge in [0, 0.05) is 11.1 Å². The Morgan fingerprint density at radius 2 is 2.35 bits per heavy atom. The van der Waals surface area contributed by atoms with Crippen molar-refractivity contribution in [2.75, 3.05) is 13.2 Å². The smallest absolute Gasteiger partial charge is 0.138 e. The van der Waals surface area contributed by atoms with Crippen LogP contribution in [-0.4, -0.2) is 19.3 Å². The van der Waals surface area contributed by atoms with Gasteiger partial charge >= 0.3 is 0 Å². The number of hydrogen-bond donors (Lipinski definition) is 0. The SMILES string of the molecule is N#Cc1c(Br)cccc1OCC1CCCCO1. The van der Waals surface area contributed by atoms with E-state index in [0.717, 1.165) is 23.9 Å². The maximum absolute atomic E-state index is 9.04. The number of ether oxygens (including phenoxy) is 2. The highest BCUT2D eigenvalue weighted by Gasteiger charge is 2.15. The van der Waals surface area contributed by atoms with Crippen LogP contribution < -0.4 is 4.74 Å². The summed E-state index contributed by atoms with van der Waals surface area (Å²) < 4.78 is 12.0. The number of benzene rings is 1. The quantitative estimate of drug-likeness (QED) is 0.859. The number of rotatable bonds is 3. The van der Waals surface area contributed by atoms with Crippen molar-refractivity contribution in [3.05, 3.63) is 28.2 Å². The van der Waals surface area contributed by atoms with Crippen LogP contribution in [0.1, 0.15) is 24.8 Å². The van der Waals surface area contributed by atoms with Crippen LogP contribution in [0.25, 0.3) is 0 Å². The third kappa shape index (κ3) is 3.21. The summed E-state index contributed by atoms with van der Waals surface area (Å²) >= 11 is 3.34. The molecule has 0 aromatic heterocycles. The summed E-state index contributed by atoms with van der Waals surface area (Å²) in [5, 5.41) is 9.04. The first-order chi connectivity index (χ1) is 8.31. The van der Waals surface area contributed by atoms with Gasteiger partial charge < -0.3 is 9.47 Å². The maximum Gasteiger partial charge on any atom is 0.138 e. The predicted molar refractivity (Wildman–Crippen MR) is 67.9 cm³/mol. The lowest BCUT2D eigenvalue weighted by atomic mass is 10.1. The molecule has 0 aliphatic carbocycles. The fourth-order valence-electron chi connectivity index (χ4n) is 1.85. The van der Waals surface area contributed by atoms with Gasteiger partial charge in [-0.05, 0) is 47.3 Å². The Labute approximate surface area is 109 Å². The van der Waals surface area contributed by atoms with Crippen molar-refractivity contribution in [1.82, 2.24) is 0 Å². The molecule has 4 heteroatoms. The molecule has 0 radical (unpaired) electrons. The van der Waals surface area contributed by atoms with Gasteiger partial charge in [0.05, 0.1) is 6.10 Å². The molecule has 2 rings (SSSR count). The number of nitrogens with zero attached hydrogens (tertiary/aromatic N) is 1. The molecule has 1 saturated heterocycles. The normalized spacial score (nSPS) is 19.6. The lowest BCUT2D eigenvalue weighted by Crippen LogP contribution is -2.25. The number of nitriles is 1. The molecule has 1 aromatic carbocycles. The van der Waals surface area contributed by atoms with Crippen molar-refractivity contribution in [3.8, 4) is 11.8 Å². The Hall–Kier alpha value is -1.05. The van der Waals surface area contributed by atoms with E-state index in [4.69, 9.17) is 14.7 Å². The zero-order valence-corrected chi connectivity index (χ0v) is 11.1. The first-order valence-electron chi connectivity index (χ1n) is 5.74. The number of hydrogen-bond acceptors (Lipinski definition) is 3. The molecule has 1 atom stereocenters. The minimum absolute atomic E-state index is 0.161. The second-order valence-electron chi connectivity index (χ2n) is 4.02. The first kappa shape index (κ1) is 12.4. The van der Waals surface area contributed by atoms with Crippen LogP contribution >= 0.6 is 15.9 Å². The molecule has 0 N–H and O–H groups in total. The monoisotopic (exact) mass is 295 g/mol. The molecule has 1 aliphatic heterocycles. The lowest BCUT2D eigenvalue weighted by Gasteiger charge is -2.22. The molecule has 0 bridgehead atoms. The molecule has 17 heavy (non-hydrogen) atoms. The zero-order valence-electron chi connectivity index (χ0n) is 9.49. The van der Waals surface area contributed by atoms with E-state index in [-0.39, 0.29) is 6.10 Å². The summed E-state index contributed by atoms with van der Waals surface area (Å²) in [5.74, 6) is 0.621. The molecule has 0 amide bonds. The molecule has 1 aromatic rings. The van der Waals surface area contributed by atoms with Crippen molar-refractivity contribution in [1.29, 1.82) is 5.26 Å². The van der Waals surface area contributed by atoms with Crippen molar-refractivity contribution in [2.45, 2.75) is 25.4 Å². The van der Waals surface area contributed by atoms with Crippen LogP contribution in [0.4, 0.5) is 0 Å². The van der Waals surface area contributed by atoms with E-state index in [1.165, 1.54) is 6.42 Å². The molecule has 90 valence electrons. The minimum atomic E-state index is 0.161. The van der Waals surface area contributed by atoms with Gasteiger partial charge in [-0.25, -0.2) is 0 Å². The van der Waals surface area contributed by atoms with E-state index in [1.807, 2.05) is 18.2 Å². The topological polar surface area (TPSA) is 42.2 Å². The molecule has 3 nitrogen and oxygen atoms in total. The second kappa shape index (κ2) is 6.04. The summed E-state index contributed by atoms with van der Waals surface area (Å²) in [5.41, 5.74) is 0.545. The molecular weight excluding hydrogens is 282 g/mol. The fourth-order valence-corrected chi connectivity index (χ4v) is 2.29. The maximum atomic E-state index is 9.04. The van der Waals surface area contributed by atoms with Crippen molar-refractivity contribution >= 4 is 15.9 Å². The van der Waals surface area contributed by atoms with E-state index in [0.29, 0.717) is 17.9 Å². The first-order valence-corrected chi connectivity index (χ1v) is 6.53. The average molecular weight is 296 g/mol. The van der Waals surface area contributed by atoms with Crippen molar-refractivity contribution < 1.29 is 9.47 Å². The van der Waals surface area contributed by atoms with Crippen LogP contribution in [0, 0.1) is 11.3 Å². The van der Waals surface area contributed by atoms with Crippen molar-refractivity contribution in [2.24, 2.45) is 0 Å². The van der Waals surface area contributed by atoms with Crippen LogP contribution in [-0.2, 0) is 4.74 Å². The highest BCUT2D eigenvalue weighted by Crippen LogP contribution is 2.26. The third-order valence-electron chi connectivity index (χ3n) is 2.79. The molecule has 1 heterocycles. The van der Waals surface area contributed by atoms with E-state index < -0.39 is 0 Å². The van der Waals surface area contributed by atoms with Crippen molar-refractivity contribution in [3.63, 3.8) is 0 Å². The molecule has 0 saturated carbocycles. The van der Waals surface area contributed by atoms with Crippen LogP contribution in [0.2, 0.25) is 0 Å². The summed E-state index contributed by atoms with van der Waals surface area (Å²) in [6.45, 7) is 1.34. The van der Waals surface area contributed by atoms with Gasteiger partial charge in [0.15, 0.2) is 0 Å². The number of halogens is 1. The van der Waals surface area contributed by atoms with E-state index >= 15 is 0 Å². The second-order valence-corrected chi connectivity index (χ2v) is 4.88. The highest BCUT2D eigenvalue weighted by molar-refractivity contribution is 9.10. The summed E-state index contributed by atoms with van der Waals surface area (Å²) in [4.78, 5) is 0. The molecule has 1 unspecified atom stereocenters. The van der Waals surface area contributed by atoms with E-state index in [9.17, 15) is 0 Å². The van der Waals surface area contributed by atoms with Gasteiger partial charge in [0.1, 0.15) is 24.0 Å². The Morgan fingerprint density at radius 3 is 3.06 bits per heavy atom. The highest BCUT2D eigenvalue weighted by atomic mass is 79.9. The predicted octanol–water partition coefficient (Wildman–Crippen LogP) is 3.27. The standard InChI is InChI=1S/C13H14BrNO2/c14-12-5-3-6-13(11(12)8-15)17-9-10-4-1-2-7-16-10/h3,5-6,10H,1-2,4,7,9H2. The Bertz CT molecular complexity index is 422. The van der Waals surface area contributed by atoms with E-state index in [1.54, 1.807) is 0 Å². The van der Waals surface area contributed by atoms with Gasteiger partial charge in [-0.3, -0.25) is 0 Å². The van der Waals surface area contributed by atoms with E-state index in [2.05, 4.69) is 22.0 Å². The molecule has 0 spiro atoms. The summed E-state index contributed by atoms with van der Waals surface area (Å²) in [7, 11) is 0. The van der Waals surface area contributed by atoms with Crippen LogP contribution in [0.3, 0.4) is 0 Å². The fraction of sp³-hybridized carbons (Fsp3) is 0.462. The molecular formula is C13H14BrNO2. The lowest BCUT2D eigenvalue weighted by molar-refractivity contribution is -0.0111. The minimum Gasteiger partial charge on any atom is -0.489 e. The largest absolute Gasteiger partial charge is 0.489 e. The third-order valence-corrected chi connectivity index (χ3v) is 3.45. The Kier molecular flexibility index (Phi) is 4.41. The Balaban J connectivity index is 1.99. The average Bonchev–Trinajstić information content (AvgIpc) is 2.37. The zero-order chi connectivity index (χ0) is 12.1. The van der Waals surface area contributed by atoms with Crippen LogP contribution in [0.15, 0.2) is 22.7 Å². The molecule has 1 aliphatic rings. The van der Waals surface area contributed by atoms with Gasteiger partial charge in [0.25, 0.3) is 0 Å². The summed E-state index contributed by atoms with van der Waals surface area (Å²) in [6, 6.07) is 7.65.